The highest BCUT2D eigenvalue weighted by Gasteiger charge is 2.08. The van der Waals surface area contributed by atoms with Crippen LogP contribution in [0, 0.1) is 13.8 Å². The maximum atomic E-state index is 12.2. The van der Waals surface area contributed by atoms with Crippen molar-refractivity contribution in [1.82, 2.24) is 20.1 Å². The Labute approximate surface area is 146 Å². The van der Waals surface area contributed by atoms with Crippen molar-refractivity contribution < 1.29 is 4.79 Å². The van der Waals surface area contributed by atoms with Gasteiger partial charge in [-0.1, -0.05) is 17.7 Å². The molecule has 0 atom stereocenters. The molecule has 6 nitrogen and oxygen atoms in total. The number of nitrogens with one attached hydrogen (secondary N) is 2. The number of carbonyl (C=O) groups is 1. The summed E-state index contributed by atoms with van der Waals surface area (Å²) in [6.07, 6.45) is 3.83. The Hall–Kier alpha value is -3.15. The van der Waals surface area contributed by atoms with Gasteiger partial charge in [0.1, 0.15) is 5.82 Å². The molecule has 0 aliphatic carbocycles. The van der Waals surface area contributed by atoms with Crippen LogP contribution in [0.15, 0.2) is 54.9 Å². The van der Waals surface area contributed by atoms with Gasteiger partial charge in [0.15, 0.2) is 5.82 Å². The number of aromatic nitrogens is 3. The molecule has 1 aromatic carbocycles. The smallest absolute Gasteiger partial charge is 0.251 e. The van der Waals surface area contributed by atoms with Gasteiger partial charge >= 0.3 is 0 Å². The summed E-state index contributed by atoms with van der Waals surface area (Å²) in [5.41, 5.74) is 2.84. The van der Waals surface area contributed by atoms with Crippen LogP contribution in [-0.4, -0.2) is 33.8 Å². The van der Waals surface area contributed by atoms with E-state index < -0.39 is 0 Å². The molecule has 0 fully saturated rings. The third kappa shape index (κ3) is 4.23. The number of amides is 1. The molecule has 6 heteroatoms. The lowest BCUT2D eigenvalue weighted by atomic mass is 10.1. The molecule has 0 bridgehead atoms. The Morgan fingerprint density at radius 1 is 1.04 bits per heavy atom. The molecule has 0 unspecified atom stereocenters. The molecular weight excluding hydrogens is 314 g/mol. The minimum atomic E-state index is -0.0617. The number of nitrogens with zero attached hydrogens (tertiary/aromatic N) is 3. The van der Waals surface area contributed by atoms with Gasteiger partial charge < -0.3 is 15.2 Å². The first-order chi connectivity index (χ1) is 12.1. The summed E-state index contributed by atoms with van der Waals surface area (Å²) in [7, 11) is 0. The van der Waals surface area contributed by atoms with Gasteiger partial charge in [0.25, 0.3) is 5.91 Å². The first-order valence-corrected chi connectivity index (χ1v) is 8.20. The summed E-state index contributed by atoms with van der Waals surface area (Å²) < 4.78 is 1.89. The van der Waals surface area contributed by atoms with Gasteiger partial charge in [-0.2, -0.15) is 0 Å². The van der Waals surface area contributed by atoms with Gasteiger partial charge in [-0.15, -0.1) is 10.2 Å². The van der Waals surface area contributed by atoms with Gasteiger partial charge in [-0.3, -0.25) is 4.79 Å². The van der Waals surface area contributed by atoms with Crippen LogP contribution in [0.25, 0.3) is 5.82 Å². The van der Waals surface area contributed by atoms with Crippen LogP contribution < -0.4 is 10.6 Å². The van der Waals surface area contributed by atoms with E-state index in [1.807, 2.05) is 73.3 Å². The Morgan fingerprint density at radius 2 is 1.84 bits per heavy atom. The first kappa shape index (κ1) is 16.7. The van der Waals surface area contributed by atoms with E-state index in [2.05, 4.69) is 20.8 Å². The molecule has 0 aliphatic rings. The summed E-state index contributed by atoms with van der Waals surface area (Å²) in [6.45, 7) is 5.05. The Morgan fingerprint density at radius 3 is 2.52 bits per heavy atom. The average molecular weight is 335 g/mol. The summed E-state index contributed by atoms with van der Waals surface area (Å²) in [5.74, 6) is 1.38. The molecule has 0 aliphatic heterocycles. The van der Waals surface area contributed by atoms with Gasteiger partial charge in [0.05, 0.1) is 0 Å². The second kappa shape index (κ2) is 7.61. The van der Waals surface area contributed by atoms with E-state index in [0.29, 0.717) is 24.5 Å². The number of hydrogen-bond acceptors (Lipinski definition) is 4. The highest BCUT2D eigenvalue weighted by molar-refractivity contribution is 5.95. The summed E-state index contributed by atoms with van der Waals surface area (Å²) >= 11 is 0. The van der Waals surface area contributed by atoms with E-state index in [1.165, 1.54) is 0 Å². The lowest BCUT2D eigenvalue weighted by Crippen LogP contribution is -2.29. The number of rotatable bonds is 6. The van der Waals surface area contributed by atoms with E-state index in [0.717, 1.165) is 16.9 Å². The van der Waals surface area contributed by atoms with Crippen LogP contribution >= 0.6 is 0 Å². The number of anilines is 1. The summed E-state index contributed by atoms with van der Waals surface area (Å²) in [6, 6.07) is 13.5. The molecule has 2 aromatic heterocycles. The maximum absolute atomic E-state index is 12.2. The normalized spacial score (nSPS) is 10.5. The van der Waals surface area contributed by atoms with Crippen LogP contribution in [0.3, 0.4) is 0 Å². The van der Waals surface area contributed by atoms with Crippen molar-refractivity contribution in [3.05, 3.63) is 71.5 Å². The number of carbonyl (C=O) groups excluding carboxylic acids is 1. The Balaban J connectivity index is 1.47. The zero-order valence-corrected chi connectivity index (χ0v) is 14.4. The zero-order valence-electron chi connectivity index (χ0n) is 14.4. The molecular formula is C19H21N5O. The molecule has 25 heavy (non-hydrogen) atoms. The van der Waals surface area contributed by atoms with Crippen LogP contribution in [0.5, 0.6) is 0 Å². The third-order valence-electron chi connectivity index (χ3n) is 3.86. The molecule has 0 saturated carbocycles. The monoisotopic (exact) mass is 335 g/mol. The molecule has 0 spiro atoms. The van der Waals surface area contributed by atoms with Crippen molar-refractivity contribution in [2.24, 2.45) is 0 Å². The Bertz CT molecular complexity index is 841. The number of benzene rings is 1. The second-order valence-electron chi connectivity index (χ2n) is 5.87. The quantitative estimate of drug-likeness (QED) is 0.680. The fourth-order valence-corrected chi connectivity index (χ4v) is 2.57. The topological polar surface area (TPSA) is 71.8 Å². The van der Waals surface area contributed by atoms with E-state index >= 15 is 0 Å². The standard InChI is InChI=1S/C19H21N5O/c1-14-5-6-16(15(2)13-14)19(25)21-10-9-20-17-7-8-18(23-22-17)24-11-3-4-12-24/h3-8,11-13H,9-10H2,1-2H3,(H,20,22)(H,21,25). The Kier molecular flexibility index (Phi) is 5.09. The maximum Gasteiger partial charge on any atom is 0.251 e. The van der Waals surface area contributed by atoms with Gasteiger partial charge in [-0.25, -0.2) is 0 Å². The molecule has 128 valence electrons. The van der Waals surface area contributed by atoms with E-state index in [-0.39, 0.29) is 5.91 Å². The van der Waals surface area contributed by atoms with E-state index in [9.17, 15) is 4.79 Å². The zero-order chi connectivity index (χ0) is 17.6. The summed E-state index contributed by atoms with van der Waals surface area (Å²) in [4.78, 5) is 12.2. The van der Waals surface area contributed by atoms with Gasteiger partial charge in [0, 0.05) is 31.0 Å². The highest BCUT2D eigenvalue weighted by atomic mass is 16.1. The minimum absolute atomic E-state index is 0.0617. The molecule has 2 N–H and O–H groups in total. The number of hydrogen-bond donors (Lipinski definition) is 2. The minimum Gasteiger partial charge on any atom is -0.367 e. The SMILES string of the molecule is Cc1ccc(C(=O)NCCNc2ccc(-n3cccc3)nn2)c(C)c1. The van der Waals surface area contributed by atoms with Crippen molar-refractivity contribution >= 4 is 11.7 Å². The van der Waals surface area contributed by atoms with Crippen LogP contribution in [0.1, 0.15) is 21.5 Å². The molecule has 0 saturated heterocycles. The van der Waals surface area contributed by atoms with Gasteiger partial charge in [0.2, 0.25) is 0 Å². The first-order valence-electron chi connectivity index (χ1n) is 8.20. The van der Waals surface area contributed by atoms with Crippen LogP contribution in [0.4, 0.5) is 5.82 Å². The molecule has 0 radical (unpaired) electrons. The van der Waals surface area contributed by atoms with E-state index in [4.69, 9.17) is 0 Å². The molecule has 3 aromatic rings. The van der Waals surface area contributed by atoms with E-state index in [1.54, 1.807) is 0 Å². The van der Waals surface area contributed by atoms with Crippen molar-refractivity contribution in [3.63, 3.8) is 0 Å². The lowest BCUT2D eigenvalue weighted by molar-refractivity contribution is 0.0954. The van der Waals surface area contributed by atoms with Gasteiger partial charge in [-0.05, 0) is 49.7 Å². The summed E-state index contributed by atoms with van der Waals surface area (Å²) in [5, 5.41) is 14.4. The predicted molar refractivity (Wildman–Crippen MR) is 98.1 cm³/mol. The molecule has 2 heterocycles. The second-order valence-corrected chi connectivity index (χ2v) is 5.87. The molecule has 3 rings (SSSR count). The fourth-order valence-electron chi connectivity index (χ4n) is 2.57. The lowest BCUT2D eigenvalue weighted by Gasteiger charge is -2.09. The fraction of sp³-hybridized carbons (Fsp3) is 0.211. The molecule has 1 amide bonds. The largest absolute Gasteiger partial charge is 0.367 e. The number of aryl methyl sites for hydroxylation is 2. The van der Waals surface area contributed by atoms with Crippen LogP contribution in [-0.2, 0) is 0 Å². The third-order valence-corrected chi connectivity index (χ3v) is 3.86. The van der Waals surface area contributed by atoms with Crippen molar-refractivity contribution in [3.8, 4) is 5.82 Å². The highest BCUT2D eigenvalue weighted by Crippen LogP contribution is 2.10. The van der Waals surface area contributed by atoms with Crippen molar-refractivity contribution in [1.29, 1.82) is 0 Å². The van der Waals surface area contributed by atoms with Crippen molar-refractivity contribution in [2.75, 3.05) is 18.4 Å². The van der Waals surface area contributed by atoms with Crippen LogP contribution in [0.2, 0.25) is 0 Å². The predicted octanol–water partition coefficient (Wildman–Crippen LogP) is 2.73. The average Bonchev–Trinajstić information content (AvgIpc) is 3.13. The van der Waals surface area contributed by atoms with Crippen molar-refractivity contribution in [2.45, 2.75) is 13.8 Å².